The van der Waals surface area contributed by atoms with Crippen molar-refractivity contribution >= 4 is 29.1 Å². The average Bonchev–Trinajstić information content (AvgIpc) is 3.06. The third kappa shape index (κ3) is 4.89. The molecule has 142 valence electrons. The van der Waals surface area contributed by atoms with Crippen molar-refractivity contribution in [1.29, 1.82) is 0 Å². The van der Waals surface area contributed by atoms with Crippen molar-refractivity contribution in [2.45, 2.75) is 32.6 Å². The Morgan fingerprint density at radius 2 is 1.93 bits per heavy atom. The fourth-order valence-electron chi connectivity index (χ4n) is 3.46. The van der Waals surface area contributed by atoms with E-state index in [-0.39, 0.29) is 24.2 Å². The first kappa shape index (κ1) is 19.4. The smallest absolute Gasteiger partial charge is 0.227 e. The van der Waals surface area contributed by atoms with Crippen LogP contribution in [-0.2, 0) is 16.0 Å². The van der Waals surface area contributed by atoms with Gasteiger partial charge in [0.05, 0.1) is 5.92 Å². The van der Waals surface area contributed by atoms with E-state index >= 15 is 0 Å². The van der Waals surface area contributed by atoms with Crippen molar-refractivity contribution in [3.05, 3.63) is 64.7 Å². The van der Waals surface area contributed by atoms with Crippen molar-refractivity contribution in [2.75, 3.05) is 18.0 Å². The topological polar surface area (TPSA) is 49.4 Å². The van der Waals surface area contributed by atoms with Crippen molar-refractivity contribution in [3.63, 3.8) is 0 Å². The number of rotatable bonds is 7. The molecule has 2 amide bonds. The summed E-state index contributed by atoms with van der Waals surface area (Å²) >= 11 is 6.16. The third-order valence-corrected chi connectivity index (χ3v) is 5.47. The summed E-state index contributed by atoms with van der Waals surface area (Å²) in [5, 5.41) is 3.62. The Morgan fingerprint density at radius 3 is 2.70 bits per heavy atom. The van der Waals surface area contributed by atoms with E-state index in [0.29, 0.717) is 18.1 Å². The Kier molecular flexibility index (Phi) is 6.51. The zero-order chi connectivity index (χ0) is 19.2. The van der Waals surface area contributed by atoms with Crippen LogP contribution >= 0.6 is 11.6 Å². The van der Waals surface area contributed by atoms with Crippen LogP contribution in [-0.4, -0.2) is 24.9 Å². The second-order valence-corrected chi connectivity index (χ2v) is 7.43. The zero-order valence-corrected chi connectivity index (χ0v) is 16.3. The molecular weight excluding hydrogens is 360 g/mol. The van der Waals surface area contributed by atoms with Gasteiger partial charge in [0, 0.05) is 30.2 Å². The molecule has 4 nitrogen and oxygen atoms in total. The minimum Gasteiger partial charge on any atom is -0.356 e. The van der Waals surface area contributed by atoms with Gasteiger partial charge in [-0.3, -0.25) is 9.59 Å². The largest absolute Gasteiger partial charge is 0.356 e. The SMILES string of the molecule is Cc1c(Cl)cccc1N1C[C@H](C(=O)NCCCCc2ccccc2)CC1=O. The standard InChI is InChI=1S/C22H25ClN2O2/c1-16-19(23)11-7-12-20(16)25-15-18(14-21(25)26)22(27)24-13-6-5-10-17-8-3-2-4-9-17/h2-4,7-9,11-12,18H,5-6,10,13-15H2,1H3,(H,24,27)/t18-/m1/s1. The van der Waals surface area contributed by atoms with Gasteiger partial charge in [0.2, 0.25) is 11.8 Å². The van der Waals surface area contributed by atoms with Crippen LogP contribution in [0.3, 0.4) is 0 Å². The van der Waals surface area contributed by atoms with Crippen LogP contribution in [0, 0.1) is 12.8 Å². The van der Waals surface area contributed by atoms with Gasteiger partial charge in [-0.05, 0) is 49.4 Å². The molecular formula is C22H25ClN2O2. The van der Waals surface area contributed by atoms with Crippen LogP contribution in [0.5, 0.6) is 0 Å². The highest BCUT2D eigenvalue weighted by molar-refractivity contribution is 6.31. The van der Waals surface area contributed by atoms with Crippen LogP contribution in [0.4, 0.5) is 5.69 Å². The molecule has 0 saturated carbocycles. The molecule has 1 aliphatic heterocycles. The number of aryl methyl sites for hydroxylation is 1. The normalized spacial score (nSPS) is 16.6. The molecule has 1 atom stereocenters. The fourth-order valence-corrected chi connectivity index (χ4v) is 3.63. The molecule has 2 aromatic rings. The first-order valence-electron chi connectivity index (χ1n) is 9.43. The Labute approximate surface area is 165 Å². The average molecular weight is 385 g/mol. The molecule has 0 radical (unpaired) electrons. The highest BCUT2D eigenvalue weighted by atomic mass is 35.5. The predicted molar refractivity (Wildman–Crippen MR) is 109 cm³/mol. The molecule has 0 bridgehead atoms. The summed E-state index contributed by atoms with van der Waals surface area (Å²) < 4.78 is 0. The maximum absolute atomic E-state index is 12.4. The summed E-state index contributed by atoms with van der Waals surface area (Å²) in [5.74, 6) is -0.361. The molecule has 1 aliphatic rings. The van der Waals surface area contributed by atoms with Crippen LogP contribution in [0.25, 0.3) is 0 Å². The Balaban J connectivity index is 1.45. The van der Waals surface area contributed by atoms with Crippen molar-refractivity contribution in [3.8, 4) is 0 Å². The summed E-state index contributed by atoms with van der Waals surface area (Å²) in [5.41, 5.74) is 2.98. The third-order valence-electron chi connectivity index (χ3n) is 5.06. The lowest BCUT2D eigenvalue weighted by Gasteiger charge is -2.19. The lowest BCUT2D eigenvalue weighted by molar-refractivity contribution is -0.126. The number of amides is 2. The summed E-state index contributed by atoms with van der Waals surface area (Å²) in [6.07, 6.45) is 3.22. The second kappa shape index (κ2) is 9.05. The van der Waals surface area contributed by atoms with Crippen molar-refractivity contribution < 1.29 is 9.59 Å². The number of anilines is 1. The van der Waals surface area contributed by atoms with Gasteiger partial charge in [0.1, 0.15) is 0 Å². The maximum Gasteiger partial charge on any atom is 0.227 e. The Hall–Kier alpha value is -2.33. The maximum atomic E-state index is 12.4. The molecule has 0 aromatic heterocycles. The van der Waals surface area contributed by atoms with Gasteiger partial charge in [-0.25, -0.2) is 0 Å². The quantitative estimate of drug-likeness (QED) is 0.729. The molecule has 5 heteroatoms. The van der Waals surface area contributed by atoms with E-state index in [4.69, 9.17) is 11.6 Å². The summed E-state index contributed by atoms with van der Waals surface area (Å²) in [6.45, 7) is 2.95. The molecule has 1 saturated heterocycles. The monoisotopic (exact) mass is 384 g/mol. The van der Waals surface area contributed by atoms with Gasteiger partial charge in [0.25, 0.3) is 0 Å². The highest BCUT2D eigenvalue weighted by Gasteiger charge is 2.35. The van der Waals surface area contributed by atoms with Crippen LogP contribution in [0.15, 0.2) is 48.5 Å². The number of unbranched alkanes of at least 4 members (excludes halogenated alkanes) is 1. The first-order chi connectivity index (χ1) is 13.1. The zero-order valence-electron chi connectivity index (χ0n) is 15.6. The Bertz CT molecular complexity index is 807. The second-order valence-electron chi connectivity index (χ2n) is 7.02. The molecule has 1 N–H and O–H groups in total. The highest BCUT2D eigenvalue weighted by Crippen LogP contribution is 2.31. The molecule has 2 aromatic carbocycles. The number of carbonyl (C=O) groups is 2. The van der Waals surface area contributed by atoms with E-state index in [1.165, 1.54) is 5.56 Å². The number of nitrogens with one attached hydrogen (secondary N) is 1. The van der Waals surface area contributed by atoms with Gasteiger partial charge >= 0.3 is 0 Å². The van der Waals surface area contributed by atoms with E-state index in [0.717, 1.165) is 30.5 Å². The lowest BCUT2D eigenvalue weighted by atomic mass is 10.1. The number of nitrogens with zero attached hydrogens (tertiary/aromatic N) is 1. The number of carbonyl (C=O) groups excluding carboxylic acids is 2. The van der Waals surface area contributed by atoms with Gasteiger partial charge in [-0.1, -0.05) is 48.0 Å². The Morgan fingerprint density at radius 1 is 1.15 bits per heavy atom. The van der Waals surface area contributed by atoms with E-state index in [2.05, 4.69) is 17.4 Å². The van der Waals surface area contributed by atoms with E-state index in [1.54, 1.807) is 11.0 Å². The van der Waals surface area contributed by atoms with Gasteiger partial charge in [-0.15, -0.1) is 0 Å². The number of halogens is 1. The van der Waals surface area contributed by atoms with Crippen molar-refractivity contribution in [1.82, 2.24) is 5.32 Å². The lowest BCUT2D eigenvalue weighted by Crippen LogP contribution is -2.33. The van der Waals surface area contributed by atoms with E-state index < -0.39 is 0 Å². The number of benzene rings is 2. The molecule has 1 fully saturated rings. The minimum absolute atomic E-state index is 0.0235. The molecule has 3 rings (SSSR count). The van der Waals surface area contributed by atoms with Gasteiger partial charge in [-0.2, -0.15) is 0 Å². The van der Waals surface area contributed by atoms with Crippen LogP contribution in [0.2, 0.25) is 5.02 Å². The molecule has 27 heavy (non-hydrogen) atoms. The summed E-state index contributed by atoms with van der Waals surface area (Å²) in [4.78, 5) is 26.5. The van der Waals surface area contributed by atoms with E-state index in [9.17, 15) is 9.59 Å². The molecule has 1 heterocycles. The molecule has 0 unspecified atom stereocenters. The molecule has 0 spiro atoms. The van der Waals surface area contributed by atoms with E-state index in [1.807, 2.05) is 37.3 Å². The van der Waals surface area contributed by atoms with Gasteiger partial charge in [0.15, 0.2) is 0 Å². The van der Waals surface area contributed by atoms with Gasteiger partial charge < -0.3 is 10.2 Å². The number of hydrogen-bond donors (Lipinski definition) is 1. The predicted octanol–water partition coefficient (Wildman–Crippen LogP) is 4.14. The number of hydrogen-bond acceptors (Lipinski definition) is 2. The minimum atomic E-state index is -0.301. The fraction of sp³-hybridized carbons (Fsp3) is 0.364. The first-order valence-corrected chi connectivity index (χ1v) is 9.81. The summed E-state index contributed by atoms with van der Waals surface area (Å²) in [7, 11) is 0. The van der Waals surface area contributed by atoms with Crippen LogP contribution < -0.4 is 10.2 Å². The van der Waals surface area contributed by atoms with Crippen LogP contribution in [0.1, 0.15) is 30.4 Å². The molecule has 0 aliphatic carbocycles. The summed E-state index contributed by atoms with van der Waals surface area (Å²) in [6, 6.07) is 15.9. The van der Waals surface area contributed by atoms with Crippen molar-refractivity contribution in [2.24, 2.45) is 5.92 Å².